The van der Waals surface area contributed by atoms with Crippen LogP contribution in [0.3, 0.4) is 0 Å². The molecule has 1 N–H and O–H groups in total. The van der Waals surface area contributed by atoms with Crippen LogP contribution >= 0.6 is 0 Å². The van der Waals surface area contributed by atoms with Crippen LogP contribution in [0.15, 0.2) is 24.3 Å². The second-order valence-electron chi connectivity index (χ2n) is 3.12. The van der Waals surface area contributed by atoms with Gasteiger partial charge in [-0.05, 0) is 0 Å². The van der Waals surface area contributed by atoms with Gasteiger partial charge in [-0.15, -0.1) is 0 Å². The molecular formula is C10H11NO4Se. The average Bonchev–Trinajstić information content (AvgIpc) is 2.25. The molecule has 16 heavy (non-hydrogen) atoms. The van der Waals surface area contributed by atoms with Gasteiger partial charge in [0.15, 0.2) is 0 Å². The number of carboxylic acids is 1. The van der Waals surface area contributed by atoms with Gasteiger partial charge in [-0.1, -0.05) is 0 Å². The van der Waals surface area contributed by atoms with Gasteiger partial charge >= 0.3 is 98.4 Å². The van der Waals surface area contributed by atoms with Crippen molar-refractivity contribution in [3.8, 4) is 0 Å². The van der Waals surface area contributed by atoms with Crippen LogP contribution in [0.2, 0.25) is 5.32 Å². The van der Waals surface area contributed by atoms with Crippen molar-refractivity contribution in [3.63, 3.8) is 0 Å². The Morgan fingerprint density at radius 3 is 2.50 bits per heavy atom. The average molecular weight is 288 g/mol. The molecule has 0 aliphatic carbocycles. The molecule has 0 amide bonds. The van der Waals surface area contributed by atoms with E-state index in [2.05, 4.69) is 0 Å². The van der Waals surface area contributed by atoms with Crippen LogP contribution in [-0.4, -0.2) is 31.0 Å². The third-order valence-electron chi connectivity index (χ3n) is 1.88. The molecule has 0 saturated carbocycles. The summed E-state index contributed by atoms with van der Waals surface area (Å²) >= 11 is 0.245. The van der Waals surface area contributed by atoms with Crippen molar-refractivity contribution in [2.24, 2.45) is 0 Å². The predicted molar refractivity (Wildman–Crippen MR) is 59.6 cm³/mol. The second-order valence-corrected chi connectivity index (χ2v) is 5.44. The summed E-state index contributed by atoms with van der Waals surface area (Å²) in [5.74, 6) is -0.773. The standard InChI is InChI=1S/C10H11NO4Se/c12-10(13)5-6-16-7-8-1-3-9(4-2-8)11(14)15/h1-4H,5-7H2,(H,12,13). The van der Waals surface area contributed by atoms with Gasteiger partial charge in [-0.2, -0.15) is 0 Å². The van der Waals surface area contributed by atoms with E-state index in [0.717, 1.165) is 10.9 Å². The minimum absolute atomic E-state index is 0.0850. The molecule has 86 valence electrons. The Kier molecular flexibility index (Phi) is 4.95. The number of nitro groups is 1. The molecule has 0 aliphatic rings. The topological polar surface area (TPSA) is 80.4 Å². The number of aliphatic carboxylic acids is 1. The van der Waals surface area contributed by atoms with Crippen molar-refractivity contribution < 1.29 is 14.8 Å². The number of carboxylic acid groups (broad SMARTS) is 1. The maximum absolute atomic E-state index is 10.4. The van der Waals surface area contributed by atoms with Crippen LogP contribution in [0.4, 0.5) is 5.69 Å². The quantitative estimate of drug-likeness (QED) is 0.374. The molecule has 0 saturated heterocycles. The Morgan fingerprint density at radius 2 is 2.00 bits per heavy atom. The van der Waals surface area contributed by atoms with E-state index < -0.39 is 10.9 Å². The Bertz CT molecular complexity index is 377. The molecule has 6 heteroatoms. The summed E-state index contributed by atoms with van der Waals surface area (Å²) in [7, 11) is 0. The monoisotopic (exact) mass is 289 g/mol. The number of nitrogens with zero attached hydrogens (tertiary/aromatic N) is 1. The van der Waals surface area contributed by atoms with Gasteiger partial charge in [0.2, 0.25) is 0 Å². The molecule has 0 atom stereocenters. The van der Waals surface area contributed by atoms with Crippen LogP contribution in [0.25, 0.3) is 0 Å². The molecular weight excluding hydrogens is 277 g/mol. The number of rotatable bonds is 6. The summed E-state index contributed by atoms with van der Waals surface area (Å²) in [4.78, 5) is 20.2. The van der Waals surface area contributed by atoms with Crippen LogP contribution in [-0.2, 0) is 10.1 Å². The van der Waals surface area contributed by atoms with Gasteiger partial charge in [0.25, 0.3) is 0 Å². The van der Waals surface area contributed by atoms with Crippen molar-refractivity contribution in [2.75, 3.05) is 0 Å². The second kappa shape index (κ2) is 6.25. The van der Waals surface area contributed by atoms with Crippen molar-refractivity contribution in [1.29, 1.82) is 0 Å². The Balaban J connectivity index is 2.38. The van der Waals surface area contributed by atoms with Crippen molar-refractivity contribution in [2.45, 2.75) is 17.1 Å². The van der Waals surface area contributed by atoms with Gasteiger partial charge in [-0.3, -0.25) is 0 Å². The summed E-state index contributed by atoms with van der Waals surface area (Å²) in [6.45, 7) is 0. The number of benzene rings is 1. The van der Waals surface area contributed by atoms with E-state index >= 15 is 0 Å². The molecule has 0 heterocycles. The summed E-state index contributed by atoms with van der Waals surface area (Å²) in [6.07, 6.45) is 0.201. The Labute approximate surface area is 98.8 Å². The van der Waals surface area contributed by atoms with E-state index in [0.29, 0.717) is 5.32 Å². The maximum atomic E-state index is 10.4. The van der Waals surface area contributed by atoms with Gasteiger partial charge in [0, 0.05) is 0 Å². The zero-order chi connectivity index (χ0) is 12.0. The molecule has 0 aliphatic heterocycles. The van der Waals surface area contributed by atoms with E-state index in [1.54, 1.807) is 12.1 Å². The van der Waals surface area contributed by atoms with Crippen molar-refractivity contribution >= 4 is 26.6 Å². The molecule has 0 unspecified atom stereocenters. The molecule has 0 bridgehead atoms. The first-order chi connectivity index (χ1) is 7.59. The summed E-state index contributed by atoms with van der Waals surface area (Å²) < 4.78 is 0. The SMILES string of the molecule is O=C(O)CC[Se]Cc1ccc([N+](=O)[O-])cc1. The molecule has 0 radical (unpaired) electrons. The van der Waals surface area contributed by atoms with E-state index in [1.165, 1.54) is 12.1 Å². The summed E-state index contributed by atoms with van der Waals surface area (Å²) in [5, 5.41) is 20.3. The molecule has 0 aromatic heterocycles. The van der Waals surface area contributed by atoms with E-state index in [-0.39, 0.29) is 27.1 Å². The number of non-ortho nitro benzene ring substituents is 1. The minimum atomic E-state index is -0.773. The van der Waals surface area contributed by atoms with Crippen molar-refractivity contribution in [3.05, 3.63) is 39.9 Å². The van der Waals surface area contributed by atoms with Crippen molar-refractivity contribution in [1.82, 2.24) is 0 Å². The van der Waals surface area contributed by atoms with Gasteiger partial charge in [0.05, 0.1) is 0 Å². The zero-order valence-corrected chi connectivity index (χ0v) is 10.2. The third kappa shape index (κ3) is 4.42. The summed E-state index contributed by atoms with van der Waals surface area (Å²) in [5.41, 5.74) is 1.11. The third-order valence-corrected chi connectivity index (χ3v) is 4.04. The molecule has 1 aromatic carbocycles. The van der Waals surface area contributed by atoms with Gasteiger partial charge < -0.3 is 0 Å². The van der Waals surface area contributed by atoms with Crippen LogP contribution in [0, 0.1) is 10.1 Å². The van der Waals surface area contributed by atoms with E-state index in [9.17, 15) is 14.9 Å². The van der Waals surface area contributed by atoms with Crippen LogP contribution in [0.1, 0.15) is 12.0 Å². The molecule has 1 aromatic rings. The fourth-order valence-electron chi connectivity index (χ4n) is 1.06. The summed E-state index contributed by atoms with van der Waals surface area (Å²) in [6, 6.07) is 6.40. The molecule has 0 fully saturated rings. The first-order valence-electron chi connectivity index (χ1n) is 4.62. The fourth-order valence-corrected chi connectivity index (χ4v) is 2.93. The number of hydrogen-bond donors (Lipinski definition) is 1. The Morgan fingerprint density at radius 1 is 1.38 bits per heavy atom. The first kappa shape index (κ1) is 12.7. The molecule has 0 spiro atoms. The van der Waals surface area contributed by atoms with Gasteiger partial charge in [-0.25, -0.2) is 0 Å². The van der Waals surface area contributed by atoms with E-state index in [1.807, 2.05) is 0 Å². The normalized spacial score (nSPS) is 10.0. The zero-order valence-electron chi connectivity index (χ0n) is 8.46. The number of carbonyl (C=O) groups is 1. The van der Waals surface area contributed by atoms with E-state index in [4.69, 9.17) is 5.11 Å². The first-order valence-corrected chi connectivity index (χ1v) is 7.04. The predicted octanol–water partition coefficient (Wildman–Crippen LogP) is 1.69. The fraction of sp³-hybridized carbons (Fsp3) is 0.300. The number of nitro benzene ring substituents is 1. The van der Waals surface area contributed by atoms with Crippen LogP contribution < -0.4 is 0 Å². The van der Waals surface area contributed by atoms with Crippen LogP contribution in [0.5, 0.6) is 0 Å². The molecule has 5 nitrogen and oxygen atoms in total. The number of hydrogen-bond acceptors (Lipinski definition) is 3. The Hall–Kier alpha value is -1.39. The molecule has 1 rings (SSSR count). The van der Waals surface area contributed by atoms with Gasteiger partial charge in [0.1, 0.15) is 0 Å².